The molecule has 0 unspecified atom stereocenters. The van der Waals surface area contributed by atoms with E-state index in [2.05, 4.69) is 5.32 Å². The van der Waals surface area contributed by atoms with E-state index >= 15 is 0 Å². The van der Waals surface area contributed by atoms with Gasteiger partial charge in [-0.3, -0.25) is 9.93 Å². The first-order chi connectivity index (χ1) is 5.63. The summed E-state index contributed by atoms with van der Waals surface area (Å²) in [7, 11) is 1.53. The Balaban J connectivity index is 0. The summed E-state index contributed by atoms with van der Waals surface area (Å²) < 4.78 is 0. The number of hydrogen-bond acceptors (Lipinski definition) is 4. The van der Waals surface area contributed by atoms with Crippen molar-refractivity contribution in [3.05, 3.63) is 10.6 Å². The van der Waals surface area contributed by atoms with Crippen LogP contribution in [-0.2, 0) is 4.79 Å². The summed E-state index contributed by atoms with van der Waals surface area (Å²) >= 11 is 0.853. The van der Waals surface area contributed by atoms with Gasteiger partial charge in [0.25, 0.3) is 5.91 Å². The van der Waals surface area contributed by atoms with Gasteiger partial charge < -0.3 is 11.1 Å². The van der Waals surface area contributed by atoms with Crippen molar-refractivity contribution in [2.24, 2.45) is 10.9 Å². The van der Waals surface area contributed by atoms with Crippen LogP contribution in [0.1, 0.15) is 20.8 Å². The van der Waals surface area contributed by atoms with Crippen LogP contribution < -0.4 is 16.2 Å². The molecule has 0 heterocycles. The number of hydrogen-bond donors (Lipinski definition) is 3. The summed E-state index contributed by atoms with van der Waals surface area (Å²) in [5.41, 5.74) is 5.78. The standard InChI is InChI=1S/C5H11N3OS.C2H6/c1-3(6)4(10-7)5(9)8-2;1-2/h6-7H2,1-2H3,(H,8,9);1-2H3/b4-3-;. The normalized spacial score (nSPS) is 10.8. The maximum Gasteiger partial charge on any atom is 0.260 e. The fraction of sp³-hybridized carbons (Fsp3) is 0.571. The molecule has 0 aliphatic carbocycles. The van der Waals surface area contributed by atoms with Crippen molar-refractivity contribution in [3.63, 3.8) is 0 Å². The van der Waals surface area contributed by atoms with Gasteiger partial charge in [0, 0.05) is 12.7 Å². The maximum atomic E-state index is 10.8. The number of amides is 1. The molecule has 0 radical (unpaired) electrons. The lowest BCUT2D eigenvalue weighted by molar-refractivity contribution is -0.116. The van der Waals surface area contributed by atoms with Crippen LogP contribution in [0.2, 0.25) is 0 Å². The molecule has 12 heavy (non-hydrogen) atoms. The Bertz CT molecular complexity index is 164. The van der Waals surface area contributed by atoms with Crippen molar-refractivity contribution in [3.8, 4) is 0 Å². The van der Waals surface area contributed by atoms with Gasteiger partial charge in [-0.2, -0.15) is 0 Å². The van der Waals surface area contributed by atoms with E-state index in [9.17, 15) is 4.79 Å². The summed E-state index contributed by atoms with van der Waals surface area (Å²) in [5, 5.41) is 7.59. The van der Waals surface area contributed by atoms with Crippen molar-refractivity contribution in [2.45, 2.75) is 20.8 Å². The number of allylic oxidation sites excluding steroid dienone is 1. The van der Waals surface area contributed by atoms with Crippen LogP contribution in [0.4, 0.5) is 0 Å². The van der Waals surface area contributed by atoms with Gasteiger partial charge in [0.15, 0.2) is 0 Å². The number of carbonyl (C=O) groups excluding carboxylic acids is 1. The Morgan fingerprint density at radius 1 is 1.42 bits per heavy atom. The van der Waals surface area contributed by atoms with Crippen LogP contribution in [0, 0.1) is 0 Å². The summed E-state index contributed by atoms with van der Waals surface area (Å²) in [6.45, 7) is 5.63. The Morgan fingerprint density at radius 2 is 1.83 bits per heavy atom. The molecule has 0 aromatic carbocycles. The third kappa shape index (κ3) is 5.03. The van der Waals surface area contributed by atoms with Crippen molar-refractivity contribution in [1.29, 1.82) is 0 Å². The largest absolute Gasteiger partial charge is 0.401 e. The number of likely N-dealkylation sites (N-methyl/N-ethyl adjacent to an activating group) is 1. The van der Waals surface area contributed by atoms with Crippen LogP contribution in [0.25, 0.3) is 0 Å². The van der Waals surface area contributed by atoms with Gasteiger partial charge in [-0.15, -0.1) is 0 Å². The fourth-order valence-electron chi connectivity index (χ4n) is 0.439. The van der Waals surface area contributed by atoms with E-state index in [1.165, 1.54) is 7.05 Å². The summed E-state index contributed by atoms with van der Waals surface area (Å²) in [6.07, 6.45) is 0. The molecule has 0 aliphatic rings. The first-order valence-electron chi connectivity index (χ1n) is 3.68. The molecule has 72 valence electrons. The minimum absolute atomic E-state index is 0.243. The number of carbonyl (C=O) groups is 1. The van der Waals surface area contributed by atoms with E-state index < -0.39 is 0 Å². The monoisotopic (exact) mass is 191 g/mol. The van der Waals surface area contributed by atoms with Crippen LogP contribution in [-0.4, -0.2) is 13.0 Å². The number of nitrogens with two attached hydrogens (primary N) is 2. The Labute approximate surface area is 77.9 Å². The zero-order valence-electron chi connectivity index (χ0n) is 7.97. The SMILES string of the molecule is CC.CNC(=O)/C(SN)=C(\C)N. The molecule has 0 bridgehead atoms. The molecule has 1 amide bonds. The molecule has 0 fully saturated rings. The lowest BCUT2D eigenvalue weighted by Gasteiger charge is -2.02. The van der Waals surface area contributed by atoms with E-state index in [1.54, 1.807) is 6.92 Å². The quantitative estimate of drug-likeness (QED) is 0.440. The van der Waals surface area contributed by atoms with E-state index in [4.69, 9.17) is 10.9 Å². The minimum atomic E-state index is -0.243. The van der Waals surface area contributed by atoms with Crippen molar-refractivity contribution >= 4 is 17.9 Å². The highest BCUT2D eigenvalue weighted by Gasteiger charge is 2.07. The molecule has 0 rings (SSSR count). The molecule has 0 aliphatic heterocycles. The van der Waals surface area contributed by atoms with Crippen LogP contribution >= 0.6 is 11.9 Å². The summed E-state index contributed by atoms with van der Waals surface area (Å²) in [4.78, 5) is 11.2. The number of rotatable bonds is 2. The van der Waals surface area contributed by atoms with Crippen molar-refractivity contribution < 1.29 is 4.79 Å². The van der Waals surface area contributed by atoms with E-state index in [-0.39, 0.29) is 5.91 Å². The summed E-state index contributed by atoms with van der Waals surface area (Å²) in [6, 6.07) is 0. The Morgan fingerprint density at radius 3 is 1.92 bits per heavy atom. The second kappa shape index (κ2) is 8.42. The van der Waals surface area contributed by atoms with Gasteiger partial charge in [-0.25, -0.2) is 0 Å². The first-order valence-corrected chi connectivity index (χ1v) is 4.56. The molecule has 4 nitrogen and oxygen atoms in total. The lowest BCUT2D eigenvalue weighted by Crippen LogP contribution is -2.21. The van der Waals surface area contributed by atoms with Crippen molar-refractivity contribution in [2.75, 3.05) is 7.05 Å². The van der Waals surface area contributed by atoms with Gasteiger partial charge in [0.1, 0.15) is 4.91 Å². The molecule has 0 aromatic heterocycles. The highest BCUT2D eigenvalue weighted by Crippen LogP contribution is 2.09. The third-order valence-corrected chi connectivity index (χ3v) is 1.65. The van der Waals surface area contributed by atoms with Gasteiger partial charge in [0.05, 0.1) is 0 Å². The average molecular weight is 191 g/mol. The third-order valence-electron chi connectivity index (χ3n) is 0.909. The Hall–Kier alpha value is -0.680. The van der Waals surface area contributed by atoms with E-state index in [0.717, 1.165) is 11.9 Å². The molecule has 0 aromatic rings. The van der Waals surface area contributed by atoms with E-state index in [0.29, 0.717) is 10.6 Å². The second-order valence-corrected chi connectivity index (χ2v) is 2.35. The second-order valence-electron chi connectivity index (χ2n) is 1.71. The van der Waals surface area contributed by atoms with Crippen LogP contribution in [0.5, 0.6) is 0 Å². The van der Waals surface area contributed by atoms with Gasteiger partial charge in [-0.1, -0.05) is 13.8 Å². The predicted octanol–water partition coefficient (Wildman–Crippen LogP) is 0.556. The molecule has 0 saturated carbocycles. The predicted molar refractivity (Wildman–Crippen MR) is 54.1 cm³/mol. The molecular formula is C7H17N3OS. The highest BCUT2D eigenvalue weighted by atomic mass is 32.2. The molecule has 5 heteroatoms. The zero-order valence-corrected chi connectivity index (χ0v) is 8.79. The maximum absolute atomic E-state index is 10.8. The molecule has 5 N–H and O–H groups in total. The first kappa shape index (κ1) is 13.9. The fourth-order valence-corrected chi connectivity index (χ4v) is 0.834. The topological polar surface area (TPSA) is 81.1 Å². The van der Waals surface area contributed by atoms with Crippen LogP contribution in [0.15, 0.2) is 10.6 Å². The molecule has 0 spiro atoms. The van der Waals surface area contributed by atoms with Gasteiger partial charge in [-0.05, 0) is 18.9 Å². The zero-order chi connectivity index (χ0) is 10.1. The highest BCUT2D eigenvalue weighted by molar-refractivity contribution is 8.01. The van der Waals surface area contributed by atoms with Crippen molar-refractivity contribution in [1.82, 2.24) is 5.32 Å². The average Bonchev–Trinajstić information content (AvgIpc) is 2.08. The lowest BCUT2D eigenvalue weighted by atomic mass is 10.4. The van der Waals surface area contributed by atoms with Gasteiger partial charge in [0.2, 0.25) is 0 Å². The molecule has 0 saturated heterocycles. The number of nitrogens with one attached hydrogen (secondary N) is 1. The Kier molecular flexibility index (Phi) is 9.74. The van der Waals surface area contributed by atoms with Gasteiger partial charge >= 0.3 is 0 Å². The summed E-state index contributed by atoms with van der Waals surface area (Å²) in [5.74, 6) is -0.243. The molecular weight excluding hydrogens is 174 g/mol. The molecule has 0 atom stereocenters. The smallest absolute Gasteiger partial charge is 0.260 e. The van der Waals surface area contributed by atoms with E-state index in [1.807, 2.05) is 13.8 Å². The minimum Gasteiger partial charge on any atom is -0.401 e. The van der Waals surface area contributed by atoms with Crippen LogP contribution in [0.3, 0.4) is 0 Å².